The number of carbonyl (C=O) groups is 1. The van der Waals surface area contributed by atoms with Crippen LogP contribution in [-0.2, 0) is 17.5 Å². The van der Waals surface area contributed by atoms with Gasteiger partial charge in [-0.15, -0.1) is 0 Å². The fourth-order valence-corrected chi connectivity index (χ4v) is 5.54. The minimum atomic E-state index is -4.53. The van der Waals surface area contributed by atoms with Crippen molar-refractivity contribution in [3.63, 3.8) is 0 Å². The molecule has 0 spiro atoms. The molecule has 2 atom stereocenters. The van der Waals surface area contributed by atoms with Crippen LogP contribution >= 0.6 is 11.6 Å². The third-order valence-corrected chi connectivity index (χ3v) is 7.37. The van der Waals surface area contributed by atoms with E-state index in [9.17, 15) is 18.0 Å². The van der Waals surface area contributed by atoms with Crippen LogP contribution in [0, 0.1) is 0 Å². The summed E-state index contributed by atoms with van der Waals surface area (Å²) in [5.41, 5.74) is 1.06. The molecule has 1 saturated heterocycles. The summed E-state index contributed by atoms with van der Waals surface area (Å²) in [6.07, 6.45) is 3.97. The van der Waals surface area contributed by atoms with Crippen LogP contribution in [0.2, 0.25) is 5.02 Å². The Hall–Kier alpha value is -3.34. The number of H-pyrrole nitrogens is 1. The molecule has 2 unspecified atom stereocenters. The molecular formula is C28H34ClF3N6O2. The molecule has 216 valence electrons. The van der Waals surface area contributed by atoms with Gasteiger partial charge in [-0.2, -0.15) is 13.2 Å². The first-order valence-corrected chi connectivity index (χ1v) is 13.8. The van der Waals surface area contributed by atoms with Crippen LogP contribution < -0.4 is 4.90 Å². The quantitative estimate of drug-likeness (QED) is 0.306. The van der Waals surface area contributed by atoms with Crippen LogP contribution in [0.15, 0.2) is 43.1 Å². The van der Waals surface area contributed by atoms with E-state index in [4.69, 9.17) is 16.3 Å². The second kappa shape index (κ2) is 12.4. The molecule has 12 heteroatoms. The number of alkyl halides is 3. The van der Waals surface area contributed by atoms with Crippen LogP contribution in [0.5, 0.6) is 0 Å². The lowest BCUT2D eigenvalue weighted by Gasteiger charge is -2.47. The molecule has 40 heavy (non-hydrogen) atoms. The van der Waals surface area contributed by atoms with Gasteiger partial charge in [-0.05, 0) is 63.3 Å². The normalized spacial score (nSPS) is 19.6. The maximum atomic E-state index is 13.6. The van der Waals surface area contributed by atoms with Crippen molar-refractivity contribution in [3.8, 4) is 11.3 Å². The van der Waals surface area contributed by atoms with Crippen LogP contribution in [0.1, 0.15) is 64.5 Å². The number of aromatic amines is 1. The van der Waals surface area contributed by atoms with Gasteiger partial charge < -0.3 is 19.5 Å². The topological polar surface area (TPSA) is 87.2 Å². The van der Waals surface area contributed by atoms with E-state index in [1.165, 1.54) is 6.07 Å². The number of halogens is 4. The monoisotopic (exact) mass is 578 g/mol. The number of piperidine rings is 1. The summed E-state index contributed by atoms with van der Waals surface area (Å²) in [6.45, 7) is 7.78. The molecule has 0 saturated carbocycles. The number of ether oxygens (including phenoxy) is 1. The highest BCUT2D eigenvalue weighted by Gasteiger charge is 2.41. The Morgan fingerprint density at radius 2 is 1.77 bits per heavy atom. The zero-order valence-corrected chi connectivity index (χ0v) is 23.7. The average molecular weight is 579 g/mol. The van der Waals surface area contributed by atoms with Gasteiger partial charge in [0.15, 0.2) is 0 Å². The lowest BCUT2D eigenvalue weighted by molar-refractivity contribution is -0.137. The van der Waals surface area contributed by atoms with Gasteiger partial charge in [0.1, 0.15) is 0 Å². The summed E-state index contributed by atoms with van der Waals surface area (Å²) in [4.78, 5) is 33.0. The molecule has 1 aliphatic heterocycles. The fraction of sp³-hybridized carbons (Fsp3) is 0.500. The summed E-state index contributed by atoms with van der Waals surface area (Å²) >= 11 is 6.12. The highest BCUT2D eigenvalue weighted by Crippen LogP contribution is 2.36. The van der Waals surface area contributed by atoms with E-state index < -0.39 is 11.7 Å². The maximum Gasteiger partial charge on any atom is 0.416 e. The molecule has 0 bridgehead atoms. The average Bonchev–Trinajstić information content (AvgIpc) is 3.45. The zero-order valence-electron chi connectivity index (χ0n) is 23.0. The van der Waals surface area contributed by atoms with Crippen molar-refractivity contribution >= 4 is 23.6 Å². The van der Waals surface area contributed by atoms with Crippen molar-refractivity contribution in [2.45, 2.75) is 90.3 Å². The van der Waals surface area contributed by atoms with Crippen molar-refractivity contribution in [3.05, 3.63) is 59.3 Å². The highest BCUT2D eigenvalue weighted by molar-refractivity contribution is 6.30. The van der Waals surface area contributed by atoms with Gasteiger partial charge in [0.05, 0.1) is 29.9 Å². The SMILES string of the molecule is CCC1CC(N(Cc2cc(Cl)cc(C(F)(F)F)c2)c2ncc(-c3cnc[nH]3)cn2)CC(CC)N1C(=O)OC(C)C. The molecule has 8 nitrogen and oxygen atoms in total. The fourth-order valence-electron chi connectivity index (χ4n) is 5.28. The van der Waals surface area contributed by atoms with Crippen LogP contribution in [0.3, 0.4) is 0 Å². The first-order chi connectivity index (χ1) is 19.0. The second-order valence-electron chi connectivity index (χ2n) is 10.3. The molecule has 1 amide bonds. The highest BCUT2D eigenvalue weighted by atomic mass is 35.5. The smallest absolute Gasteiger partial charge is 0.416 e. The number of anilines is 1. The summed E-state index contributed by atoms with van der Waals surface area (Å²) in [5.74, 6) is 0.379. The lowest BCUT2D eigenvalue weighted by Crippen LogP contribution is -2.57. The number of rotatable bonds is 8. The van der Waals surface area contributed by atoms with Gasteiger partial charge in [-0.1, -0.05) is 25.4 Å². The number of imidazole rings is 1. The minimum Gasteiger partial charge on any atom is -0.447 e. The Kier molecular flexibility index (Phi) is 9.22. The van der Waals surface area contributed by atoms with Crippen molar-refractivity contribution in [1.29, 1.82) is 0 Å². The molecule has 0 radical (unpaired) electrons. The largest absolute Gasteiger partial charge is 0.447 e. The van der Waals surface area contributed by atoms with Crippen LogP contribution in [0.4, 0.5) is 23.9 Å². The standard InChI is InChI=1S/C28H34ClF3N6O2/c1-5-22-10-24(11-23(6-2)38(22)27(39)40-17(3)4)37(15-18-7-20(28(30,31)32)9-21(29)8-18)26-34-12-19(13-35-26)25-14-33-16-36-25/h7-9,12-14,16-17,22-24H,5-6,10-11,15H2,1-4H3,(H,33,36). The third kappa shape index (κ3) is 6.86. The number of amides is 1. The molecule has 2 aromatic heterocycles. The first-order valence-electron chi connectivity index (χ1n) is 13.4. The molecule has 3 heterocycles. The molecule has 4 rings (SSSR count). The van der Waals surface area contributed by atoms with E-state index in [2.05, 4.69) is 19.9 Å². The third-order valence-electron chi connectivity index (χ3n) is 7.15. The Morgan fingerprint density at radius 3 is 2.30 bits per heavy atom. The lowest BCUT2D eigenvalue weighted by atomic mass is 9.87. The van der Waals surface area contributed by atoms with E-state index >= 15 is 0 Å². The molecule has 1 fully saturated rings. The molecule has 1 aromatic carbocycles. The molecular weight excluding hydrogens is 545 g/mol. The van der Waals surface area contributed by atoms with Crippen LogP contribution in [0.25, 0.3) is 11.3 Å². The maximum absolute atomic E-state index is 13.6. The Bertz CT molecular complexity index is 1260. The molecule has 1 N–H and O–H groups in total. The van der Waals surface area contributed by atoms with Crippen molar-refractivity contribution < 1.29 is 22.7 Å². The van der Waals surface area contributed by atoms with Gasteiger partial charge >= 0.3 is 12.3 Å². The number of nitrogens with zero attached hydrogens (tertiary/aromatic N) is 5. The zero-order chi connectivity index (χ0) is 29.0. The van der Waals surface area contributed by atoms with Gasteiger partial charge in [0.25, 0.3) is 0 Å². The van der Waals surface area contributed by atoms with Crippen molar-refractivity contribution in [2.75, 3.05) is 4.90 Å². The van der Waals surface area contributed by atoms with Gasteiger partial charge in [-0.3, -0.25) is 0 Å². The number of hydrogen-bond acceptors (Lipinski definition) is 6. The number of likely N-dealkylation sites (tertiary alicyclic amines) is 1. The predicted molar refractivity (Wildman–Crippen MR) is 147 cm³/mol. The summed E-state index contributed by atoms with van der Waals surface area (Å²) in [6, 6.07) is 3.18. The minimum absolute atomic E-state index is 0.00408. The molecule has 0 aliphatic carbocycles. The van der Waals surface area contributed by atoms with Crippen molar-refractivity contribution in [1.82, 2.24) is 24.8 Å². The number of hydrogen-bond donors (Lipinski definition) is 1. The van der Waals surface area contributed by atoms with E-state index in [-0.39, 0.29) is 41.9 Å². The van der Waals surface area contributed by atoms with E-state index in [1.807, 2.05) is 37.5 Å². The Balaban J connectivity index is 1.70. The number of aromatic nitrogens is 4. The van der Waals surface area contributed by atoms with Crippen molar-refractivity contribution in [2.24, 2.45) is 0 Å². The van der Waals surface area contributed by atoms with E-state index in [0.717, 1.165) is 23.4 Å². The second-order valence-corrected chi connectivity index (χ2v) is 10.7. The first kappa shape index (κ1) is 29.6. The van der Waals surface area contributed by atoms with E-state index in [1.54, 1.807) is 24.9 Å². The van der Waals surface area contributed by atoms with Gasteiger partial charge in [0.2, 0.25) is 5.95 Å². The molecule has 1 aliphatic rings. The number of carbonyl (C=O) groups excluding carboxylic acids is 1. The number of benzene rings is 1. The summed E-state index contributed by atoms with van der Waals surface area (Å²) in [7, 11) is 0. The molecule has 3 aromatic rings. The Labute approximate surface area is 236 Å². The van der Waals surface area contributed by atoms with Gasteiger partial charge in [0, 0.05) is 47.7 Å². The Morgan fingerprint density at radius 1 is 1.12 bits per heavy atom. The summed E-state index contributed by atoms with van der Waals surface area (Å²) in [5, 5.41) is 0.00408. The van der Waals surface area contributed by atoms with Crippen LogP contribution in [-0.4, -0.2) is 55.2 Å². The summed E-state index contributed by atoms with van der Waals surface area (Å²) < 4.78 is 46.3. The van der Waals surface area contributed by atoms with E-state index in [0.29, 0.717) is 37.2 Å². The number of nitrogens with one attached hydrogen (secondary N) is 1. The van der Waals surface area contributed by atoms with Gasteiger partial charge in [-0.25, -0.2) is 19.7 Å². The predicted octanol–water partition coefficient (Wildman–Crippen LogP) is 7.11.